The van der Waals surface area contributed by atoms with Crippen LogP contribution in [0.2, 0.25) is 0 Å². The van der Waals surface area contributed by atoms with E-state index in [1.807, 2.05) is 20.8 Å². The fourth-order valence-electron chi connectivity index (χ4n) is 3.00. The summed E-state index contributed by atoms with van der Waals surface area (Å²) in [5.74, 6) is 6.78. The molecule has 1 atom stereocenters. The molecule has 174 valence electrons. The van der Waals surface area contributed by atoms with Crippen molar-refractivity contribution in [2.75, 3.05) is 6.61 Å². The highest BCUT2D eigenvalue weighted by Crippen LogP contribution is 2.24. The van der Waals surface area contributed by atoms with Crippen LogP contribution >= 0.6 is 0 Å². The van der Waals surface area contributed by atoms with Crippen LogP contribution < -0.4 is 5.32 Å². The van der Waals surface area contributed by atoms with Gasteiger partial charge >= 0.3 is 0 Å². The Kier molecular flexibility index (Phi) is 6.34. The third-order valence-electron chi connectivity index (χ3n) is 4.81. The second kappa shape index (κ2) is 9.36. The maximum absolute atomic E-state index is 12.6. The van der Waals surface area contributed by atoms with E-state index in [1.165, 1.54) is 12.4 Å². The number of nitrogens with zero attached hydrogens (tertiary/aromatic N) is 6. The summed E-state index contributed by atoms with van der Waals surface area (Å²) in [6.07, 6.45) is 3.27. The van der Waals surface area contributed by atoms with E-state index in [-0.39, 0.29) is 17.7 Å². The van der Waals surface area contributed by atoms with Crippen LogP contribution in [-0.4, -0.2) is 52.7 Å². The second-order valence-electron chi connectivity index (χ2n) is 8.64. The fraction of sp³-hybridized carbons (Fsp3) is 0.348. The van der Waals surface area contributed by atoms with Crippen LogP contribution in [0.5, 0.6) is 0 Å². The number of hydrogen-bond acceptors (Lipinski definition) is 9. The lowest BCUT2D eigenvalue weighted by atomic mass is 9.96. The molecule has 1 amide bonds. The van der Waals surface area contributed by atoms with Gasteiger partial charge in [0.15, 0.2) is 17.2 Å². The molecule has 11 nitrogen and oxygen atoms in total. The van der Waals surface area contributed by atoms with E-state index < -0.39 is 11.9 Å². The molecule has 3 N–H and O–H groups in total. The molecule has 0 unspecified atom stereocenters. The largest absolute Gasteiger partial charge is 0.395 e. The Morgan fingerprint density at radius 3 is 2.82 bits per heavy atom. The Balaban J connectivity index is 1.48. The van der Waals surface area contributed by atoms with E-state index in [0.29, 0.717) is 46.4 Å². The summed E-state index contributed by atoms with van der Waals surface area (Å²) in [5, 5.41) is 15.7. The average Bonchev–Trinajstić information content (AvgIpc) is 3.45. The van der Waals surface area contributed by atoms with Gasteiger partial charge in [-0.1, -0.05) is 31.8 Å². The van der Waals surface area contributed by atoms with Gasteiger partial charge in [0.1, 0.15) is 34.8 Å². The molecule has 0 saturated heterocycles. The van der Waals surface area contributed by atoms with Gasteiger partial charge in [-0.05, 0) is 12.8 Å². The van der Waals surface area contributed by atoms with E-state index >= 15 is 0 Å². The van der Waals surface area contributed by atoms with Crippen molar-refractivity contribution >= 4 is 17.1 Å². The standard InChI is InChI=1S/C23H24N8O3/c1-13(27-21(33)16-9-14(25-12-26-16)7-5-6-8-32)18-10-15(31-34-18)19-28-17-11-24-22(23(2,3)4)30-20(17)29-19/h9-13,32H,6,8H2,1-4H3,(H,27,33)(H,24,28,29,30)/t13-/m1/s1. The summed E-state index contributed by atoms with van der Waals surface area (Å²) in [4.78, 5) is 37.2. The van der Waals surface area contributed by atoms with Gasteiger partial charge in [0.25, 0.3) is 5.91 Å². The molecule has 0 saturated carbocycles. The second-order valence-corrected chi connectivity index (χ2v) is 8.64. The van der Waals surface area contributed by atoms with Gasteiger partial charge in [-0.3, -0.25) is 4.79 Å². The molecule has 0 bridgehead atoms. The Hall–Kier alpha value is -4.17. The van der Waals surface area contributed by atoms with Crippen molar-refractivity contribution in [3.8, 4) is 23.4 Å². The zero-order valence-corrected chi connectivity index (χ0v) is 19.2. The summed E-state index contributed by atoms with van der Waals surface area (Å²) in [6.45, 7) is 7.85. The number of aliphatic hydroxyl groups is 1. The lowest BCUT2D eigenvalue weighted by Crippen LogP contribution is -2.27. The molecule has 0 aliphatic heterocycles. The van der Waals surface area contributed by atoms with E-state index in [9.17, 15) is 4.79 Å². The highest BCUT2D eigenvalue weighted by molar-refractivity contribution is 5.92. The van der Waals surface area contributed by atoms with E-state index in [4.69, 9.17) is 9.63 Å². The van der Waals surface area contributed by atoms with Gasteiger partial charge in [0.2, 0.25) is 0 Å². The van der Waals surface area contributed by atoms with Crippen LogP contribution in [0.25, 0.3) is 22.7 Å². The number of carbonyl (C=O) groups excluding carboxylic acids is 1. The van der Waals surface area contributed by atoms with Crippen LogP contribution in [0.3, 0.4) is 0 Å². The molecule has 4 heterocycles. The minimum atomic E-state index is -0.482. The van der Waals surface area contributed by atoms with Crippen molar-refractivity contribution in [3.05, 3.63) is 47.6 Å². The fourth-order valence-corrected chi connectivity index (χ4v) is 3.00. The number of fused-ring (bicyclic) bond motifs is 1. The van der Waals surface area contributed by atoms with Crippen molar-refractivity contribution < 1.29 is 14.4 Å². The van der Waals surface area contributed by atoms with E-state index in [1.54, 1.807) is 19.2 Å². The number of aromatic amines is 1. The van der Waals surface area contributed by atoms with Gasteiger partial charge in [0, 0.05) is 24.0 Å². The Morgan fingerprint density at radius 2 is 2.06 bits per heavy atom. The lowest BCUT2D eigenvalue weighted by molar-refractivity contribution is 0.0928. The number of aliphatic hydroxyl groups excluding tert-OH is 1. The van der Waals surface area contributed by atoms with Crippen LogP contribution in [0.15, 0.2) is 29.2 Å². The van der Waals surface area contributed by atoms with Crippen LogP contribution in [0.4, 0.5) is 0 Å². The van der Waals surface area contributed by atoms with Crippen molar-refractivity contribution in [1.29, 1.82) is 0 Å². The van der Waals surface area contributed by atoms with Crippen molar-refractivity contribution in [3.63, 3.8) is 0 Å². The van der Waals surface area contributed by atoms with Gasteiger partial charge in [-0.25, -0.2) is 24.9 Å². The number of imidazole rings is 1. The monoisotopic (exact) mass is 460 g/mol. The van der Waals surface area contributed by atoms with Crippen molar-refractivity contribution in [2.24, 2.45) is 0 Å². The smallest absolute Gasteiger partial charge is 0.270 e. The first-order chi connectivity index (χ1) is 16.2. The molecule has 0 aromatic carbocycles. The van der Waals surface area contributed by atoms with E-state index in [2.05, 4.69) is 52.2 Å². The topological polar surface area (TPSA) is 156 Å². The molecule has 0 aliphatic rings. The molecule has 0 aliphatic carbocycles. The molecule has 0 fully saturated rings. The first-order valence-electron chi connectivity index (χ1n) is 10.7. The van der Waals surface area contributed by atoms with Crippen molar-refractivity contribution in [2.45, 2.75) is 45.6 Å². The first kappa shape index (κ1) is 23.0. The van der Waals surface area contributed by atoms with Gasteiger partial charge < -0.3 is 19.9 Å². The summed E-state index contributed by atoms with van der Waals surface area (Å²) < 4.78 is 5.44. The maximum atomic E-state index is 12.6. The third-order valence-corrected chi connectivity index (χ3v) is 4.81. The van der Waals surface area contributed by atoms with Crippen molar-refractivity contribution in [1.82, 2.24) is 40.4 Å². The molecular formula is C23H24N8O3. The Morgan fingerprint density at radius 1 is 1.24 bits per heavy atom. The molecule has 4 aromatic heterocycles. The minimum absolute atomic E-state index is 0.0402. The summed E-state index contributed by atoms with van der Waals surface area (Å²) in [5.41, 5.74) is 2.09. The summed E-state index contributed by atoms with van der Waals surface area (Å²) in [6, 6.07) is 2.70. The molecule has 0 spiro atoms. The quantitative estimate of drug-likeness (QED) is 0.380. The number of rotatable bonds is 5. The van der Waals surface area contributed by atoms with Gasteiger partial charge in [0.05, 0.1) is 18.8 Å². The Labute approximate surface area is 195 Å². The number of carbonyl (C=O) groups is 1. The lowest BCUT2D eigenvalue weighted by Gasteiger charge is -2.15. The van der Waals surface area contributed by atoms with Crippen LogP contribution in [0, 0.1) is 11.8 Å². The van der Waals surface area contributed by atoms with E-state index in [0.717, 1.165) is 0 Å². The zero-order valence-electron chi connectivity index (χ0n) is 19.2. The summed E-state index contributed by atoms with van der Waals surface area (Å²) in [7, 11) is 0. The van der Waals surface area contributed by atoms with Crippen LogP contribution in [-0.2, 0) is 5.41 Å². The highest BCUT2D eigenvalue weighted by atomic mass is 16.5. The number of H-pyrrole nitrogens is 1. The number of amides is 1. The molecule has 11 heteroatoms. The molecule has 0 radical (unpaired) electrons. The van der Waals surface area contributed by atoms with Gasteiger partial charge in [-0.15, -0.1) is 0 Å². The highest BCUT2D eigenvalue weighted by Gasteiger charge is 2.21. The predicted octanol–water partition coefficient (Wildman–Crippen LogP) is 2.32. The average molecular weight is 460 g/mol. The van der Waals surface area contributed by atoms with Gasteiger partial charge in [-0.2, -0.15) is 0 Å². The maximum Gasteiger partial charge on any atom is 0.270 e. The minimum Gasteiger partial charge on any atom is -0.395 e. The molecular weight excluding hydrogens is 436 g/mol. The molecule has 4 aromatic rings. The predicted molar refractivity (Wildman–Crippen MR) is 122 cm³/mol. The molecule has 34 heavy (non-hydrogen) atoms. The third kappa shape index (κ3) is 5.07. The first-order valence-corrected chi connectivity index (χ1v) is 10.7. The zero-order chi connectivity index (χ0) is 24.3. The van der Waals surface area contributed by atoms with Crippen LogP contribution in [0.1, 0.15) is 67.9 Å². The number of nitrogens with one attached hydrogen (secondary N) is 2. The summed E-state index contributed by atoms with van der Waals surface area (Å²) >= 11 is 0. The SMILES string of the molecule is C[C@@H](NC(=O)c1cc(C#CCCO)ncn1)c1cc(-c2nc3cnc(C(C)(C)C)nc3[nH]2)no1. The normalized spacial score (nSPS) is 12.3. The Bertz CT molecular complexity index is 1390. The number of hydrogen-bond donors (Lipinski definition) is 3. The molecule has 4 rings (SSSR count). The number of aromatic nitrogens is 7.